The Bertz CT molecular complexity index is 967. The maximum atomic E-state index is 12.4. The highest BCUT2D eigenvalue weighted by molar-refractivity contribution is 6.00. The Morgan fingerprint density at radius 2 is 1.77 bits per heavy atom. The number of benzene rings is 1. The molecule has 1 unspecified atom stereocenters. The number of hydrogen-bond donors (Lipinski definition) is 4. The molecule has 1 aliphatic heterocycles. The number of carboxylic acid groups (broad SMARTS) is 1. The molecule has 0 aliphatic carbocycles. The molecule has 0 bridgehead atoms. The third-order valence-electron chi connectivity index (χ3n) is 4.93. The Balaban J connectivity index is 0.00000320. The standard InChI is InChI=1S/C19H23N5O5.ClH/c1-11(25)23-4-6-24(7-5-23)17(26)10-14(20)18(27)21-13-2-3-15-12(8-13)9-16(22-15)19(28)29;/h2-3,8-9,14,22H,4-7,10,20H2,1H3,(H,21,27)(H,28,29);1H. The normalized spacial score (nSPS) is 14.7. The van der Waals surface area contributed by atoms with E-state index < -0.39 is 17.9 Å². The second-order valence-corrected chi connectivity index (χ2v) is 6.98. The zero-order valence-electron chi connectivity index (χ0n) is 16.4. The number of carbonyl (C=O) groups is 4. The number of nitrogens with zero attached hydrogens (tertiary/aromatic N) is 2. The van der Waals surface area contributed by atoms with Crippen LogP contribution < -0.4 is 11.1 Å². The lowest BCUT2D eigenvalue weighted by atomic mass is 10.1. The van der Waals surface area contributed by atoms with E-state index in [-0.39, 0.29) is 36.3 Å². The maximum absolute atomic E-state index is 12.4. The van der Waals surface area contributed by atoms with Gasteiger partial charge in [0.05, 0.1) is 12.5 Å². The minimum absolute atomic E-state index is 0. The summed E-state index contributed by atoms with van der Waals surface area (Å²) in [6.07, 6.45) is -0.137. The van der Waals surface area contributed by atoms with Crippen molar-refractivity contribution in [1.29, 1.82) is 0 Å². The molecule has 1 saturated heterocycles. The lowest BCUT2D eigenvalue weighted by Crippen LogP contribution is -2.51. The van der Waals surface area contributed by atoms with Crippen LogP contribution in [0.1, 0.15) is 23.8 Å². The Morgan fingerprint density at radius 3 is 2.37 bits per heavy atom. The molecule has 1 aliphatic rings. The summed E-state index contributed by atoms with van der Waals surface area (Å²) in [7, 11) is 0. The van der Waals surface area contributed by atoms with Gasteiger partial charge < -0.3 is 30.9 Å². The number of anilines is 1. The van der Waals surface area contributed by atoms with Gasteiger partial charge in [0.15, 0.2) is 0 Å². The fraction of sp³-hybridized carbons (Fsp3) is 0.368. The van der Waals surface area contributed by atoms with Crippen molar-refractivity contribution in [1.82, 2.24) is 14.8 Å². The molecule has 162 valence electrons. The first-order valence-corrected chi connectivity index (χ1v) is 9.20. The first-order chi connectivity index (χ1) is 13.7. The summed E-state index contributed by atoms with van der Waals surface area (Å²) in [6, 6.07) is 5.36. The number of aromatic carboxylic acids is 1. The summed E-state index contributed by atoms with van der Waals surface area (Å²) in [4.78, 5) is 53.2. The molecule has 1 fully saturated rings. The van der Waals surface area contributed by atoms with E-state index in [0.717, 1.165) is 0 Å². The molecule has 3 amide bonds. The highest BCUT2D eigenvalue weighted by atomic mass is 35.5. The SMILES string of the molecule is CC(=O)N1CCN(C(=O)CC(N)C(=O)Nc2ccc3[nH]c(C(=O)O)cc3c2)CC1.Cl. The zero-order valence-corrected chi connectivity index (χ0v) is 17.2. The molecule has 1 atom stereocenters. The Hall–Kier alpha value is -3.11. The highest BCUT2D eigenvalue weighted by Gasteiger charge is 2.25. The van der Waals surface area contributed by atoms with Crippen LogP contribution in [0.4, 0.5) is 5.69 Å². The number of piperazine rings is 1. The van der Waals surface area contributed by atoms with E-state index in [0.29, 0.717) is 42.8 Å². The number of nitrogens with one attached hydrogen (secondary N) is 2. The van der Waals surface area contributed by atoms with Crippen LogP contribution in [0.5, 0.6) is 0 Å². The van der Waals surface area contributed by atoms with E-state index in [4.69, 9.17) is 10.8 Å². The van der Waals surface area contributed by atoms with Gasteiger partial charge in [-0.2, -0.15) is 0 Å². The molecule has 1 aromatic carbocycles. The van der Waals surface area contributed by atoms with Gasteiger partial charge >= 0.3 is 5.97 Å². The lowest BCUT2D eigenvalue weighted by molar-refractivity contribution is -0.139. The van der Waals surface area contributed by atoms with E-state index in [1.807, 2.05) is 0 Å². The van der Waals surface area contributed by atoms with E-state index in [1.165, 1.54) is 13.0 Å². The molecule has 2 heterocycles. The quantitative estimate of drug-likeness (QED) is 0.539. The number of H-pyrrole nitrogens is 1. The molecule has 10 nitrogen and oxygen atoms in total. The van der Waals surface area contributed by atoms with Crippen molar-refractivity contribution in [2.75, 3.05) is 31.5 Å². The minimum Gasteiger partial charge on any atom is -0.477 e. The second kappa shape index (κ2) is 9.59. The Morgan fingerprint density at radius 1 is 1.13 bits per heavy atom. The molecule has 1 aromatic heterocycles. The molecule has 0 spiro atoms. The van der Waals surface area contributed by atoms with Gasteiger partial charge in [0.1, 0.15) is 5.69 Å². The summed E-state index contributed by atoms with van der Waals surface area (Å²) in [5.74, 6) is -1.84. The molecule has 5 N–H and O–H groups in total. The summed E-state index contributed by atoms with van der Waals surface area (Å²) < 4.78 is 0. The molecule has 11 heteroatoms. The van der Waals surface area contributed by atoms with Crippen LogP contribution in [0.3, 0.4) is 0 Å². The molecule has 0 radical (unpaired) electrons. The predicted molar refractivity (Wildman–Crippen MR) is 113 cm³/mol. The van der Waals surface area contributed by atoms with Crippen LogP contribution in [0.2, 0.25) is 0 Å². The number of aromatic nitrogens is 1. The topological polar surface area (TPSA) is 149 Å². The third kappa shape index (κ3) is 5.28. The van der Waals surface area contributed by atoms with Crippen LogP contribution >= 0.6 is 12.4 Å². The summed E-state index contributed by atoms with van der Waals surface area (Å²) in [5, 5.41) is 12.3. The van der Waals surface area contributed by atoms with Crippen molar-refractivity contribution in [2.24, 2.45) is 5.73 Å². The number of rotatable bonds is 5. The monoisotopic (exact) mass is 437 g/mol. The molecule has 2 aromatic rings. The van der Waals surface area contributed by atoms with Gasteiger partial charge in [-0.3, -0.25) is 14.4 Å². The van der Waals surface area contributed by atoms with Gasteiger partial charge in [-0.05, 0) is 24.3 Å². The van der Waals surface area contributed by atoms with Crippen LogP contribution in [0, 0.1) is 0 Å². The van der Waals surface area contributed by atoms with Gasteiger partial charge in [0.2, 0.25) is 17.7 Å². The number of nitrogens with two attached hydrogens (primary N) is 1. The number of fused-ring (bicyclic) bond motifs is 1. The molecular weight excluding hydrogens is 414 g/mol. The minimum atomic E-state index is -1.07. The Labute approximate surface area is 178 Å². The average Bonchev–Trinajstić information content (AvgIpc) is 3.11. The number of carboxylic acids is 1. The zero-order chi connectivity index (χ0) is 21.1. The average molecular weight is 438 g/mol. The number of hydrogen-bond acceptors (Lipinski definition) is 5. The largest absolute Gasteiger partial charge is 0.477 e. The van der Waals surface area contributed by atoms with Crippen molar-refractivity contribution in [3.8, 4) is 0 Å². The van der Waals surface area contributed by atoms with Crippen molar-refractivity contribution >= 4 is 52.7 Å². The van der Waals surface area contributed by atoms with E-state index in [1.54, 1.807) is 28.0 Å². The van der Waals surface area contributed by atoms with E-state index in [9.17, 15) is 19.2 Å². The third-order valence-corrected chi connectivity index (χ3v) is 4.93. The van der Waals surface area contributed by atoms with Crippen molar-refractivity contribution in [3.63, 3.8) is 0 Å². The fourth-order valence-electron chi connectivity index (χ4n) is 3.24. The highest BCUT2D eigenvalue weighted by Crippen LogP contribution is 2.20. The number of aromatic amines is 1. The summed E-state index contributed by atoms with van der Waals surface area (Å²) in [5.41, 5.74) is 7.03. The van der Waals surface area contributed by atoms with Gasteiger partial charge in [0.25, 0.3) is 0 Å². The van der Waals surface area contributed by atoms with E-state index >= 15 is 0 Å². The van der Waals surface area contributed by atoms with Crippen LogP contribution in [0.25, 0.3) is 10.9 Å². The fourth-order valence-corrected chi connectivity index (χ4v) is 3.24. The smallest absolute Gasteiger partial charge is 0.352 e. The molecular formula is C19H24ClN5O5. The van der Waals surface area contributed by atoms with Crippen LogP contribution in [-0.4, -0.2) is 75.8 Å². The first-order valence-electron chi connectivity index (χ1n) is 9.20. The Kier molecular flexibility index (Phi) is 7.41. The summed E-state index contributed by atoms with van der Waals surface area (Å²) >= 11 is 0. The predicted octanol–water partition coefficient (Wildman–Crippen LogP) is 0.635. The van der Waals surface area contributed by atoms with Gasteiger partial charge in [-0.1, -0.05) is 0 Å². The van der Waals surface area contributed by atoms with Crippen molar-refractivity contribution in [2.45, 2.75) is 19.4 Å². The van der Waals surface area contributed by atoms with Gasteiger partial charge in [-0.15, -0.1) is 12.4 Å². The van der Waals surface area contributed by atoms with Crippen molar-refractivity contribution < 1.29 is 24.3 Å². The number of halogens is 1. The van der Waals surface area contributed by atoms with Crippen molar-refractivity contribution in [3.05, 3.63) is 30.0 Å². The van der Waals surface area contributed by atoms with Crippen LogP contribution in [-0.2, 0) is 14.4 Å². The van der Waals surface area contributed by atoms with Gasteiger partial charge in [0, 0.05) is 49.7 Å². The first kappa shape index (κ1) is 23.2. The summed E-state index contributed by atoms with van der Waals surface area (Å²) in [6.45, 7) is 3.27. The number of carbonyl (C=O) groups excluding carboxylic acids is 3. The molecule has 30 heavy (non-hydrogen) atoms. The number of amides is 3. The molecule has 0 saturated carbocycles. The van der Waals surface area contributed by atoms with Gasteiger partial charge in [-0.25, -0.2) is 4.79 Å². The van der Waals surface area contributed by atoms with E-state index in [2.05, 4.69) is 10.3 Å². The maximum Gasteiger partial charge on any atom is 0.352 e. The molecule has 3 rings (SSSR count). The second-order valence-electron chi connectivity index (χ2n) is 6.98. The van der Waals surface area contributed by atoms with Crippen LogP contribution in [0.15, 0.2) is 24.3 Å². The lowest BCUT2D eigenvalue weighted by Gasteiger charge is -2.34.